The number of hydrogen-bond donors (Lipinski definition) is 0. The summed E-state index contributed by atoms with van der Waals surface area (Å²) in [7, 11) is -0.616. The van der Waals surface area contributed by atoms with E-state index in [4.69, 9.17) is 6.42 Å². The predicted molar refractivity (Wildman–Crippen MR) is 41.8 cm³/mol. The molecule has 0 heterocycles. The highest BCUT2D eigenvalue weighted by Crippen LogP contribution is 2.25. The van der Waals surface area contributed by atoms with E-state index in [9.17, 15) is 0 Å². The fraction of sp³-hybridized carbons (Fsp3) is 0.714. The van der Waals surface area contributed by atoms with Crippen LogP contribution < -0.4 is 0 Å². The molecule has 0 radical (unpaired) electrons. The number of hydrogen-bond acceptors (Lipinski definition) is 0. The summed E-state index contributed by atoms with van der Waals surface area (Å²) in [5.74, 6) is 2.80. The minimum atomic E-state index is -0.616. The first-order valence-corrected chi connectivity index (χ1v) is 5.87. The van der Waals surface area contributed by atoms with E-state index in [0.29, 0.717) is 0 Å². The van der Waals surface area contributed by atoms with Crippen LogP contribution in [0, 0.1) is 12.3 Å². The molecule has 0 bridgehead atoms. The van der Waals surface area contributed by atoms with Crippen LogP contribution in [0.3, 0.4) is 0 Å². The van der Waals surface area contributed by atoms with Gasteiger partial charge in [-0.05, 0) is 0 Å². The maximum absolute atomic E-state index is 5.29. The first-order valence-electron chi connectivity index (χ1n) is 2.98. The van der Waals surface area contributed by atoms with E-state index in [1.165, 1.54) is 0 Å². The van der Waals surface area contributed by atoms with Gasteiger partial charge in [-0.3, -0.25) is 0 Å². The van der Waals surface area contributed by atoms with Crippen molar-refractivity contribution in [2.45, 2.75) is 32.0 Å². The Kier molecular flexibility index (Phi) is 2.30. The van der Waals surface area contributed by atoms with Crippen LogP contribution in [-0.2, 0) is 0 Å². The van der Waals surface area contributed by atoms with E-state index >= 15 is 0 Å². The van der Waals surface area contributed by atoms with Crippen LogP contribution in [0.15, 0.2) is 0 Å². The molecule has 0 spiro atoms. The monoisotopic (exact) mass is 126 g/mol. The second-order valence-electron chi connectivity index (χ2n) is 3.02. The van der Waals surface area contributed by atoms with Crippen LogP contribution in [0.2, 0.25) is 18.1 Å². The zero-order valence-corrected chi connectivity index (χ0v) is 7.31. The molecule has 1 heteroatoms. The van der Waals surface area contributed by atoms with Crippen molar-refractivity contribution in [3.8, 4) is 12.3 Å². The van der Waals surface area contributed by atoms with Gasteiger partial charge in [0.05, 0.1) is 8.80 Å². The molecule has 0 aromatic rings. The summed E-state index contributed by atoms with van der Waals surface area (Å²) >= 11 is 0. The van der Waals surface area contributed by atoms with Crippen molar-refractivity contribution >= 4 is 8.80 Å². The molecule has 0 saturated carbocycles. The Labute approximate surface area is 53.9 Å². The molecule has 8 heavy (non-hydrogen) atoms. The van der Waals surface area contributed by atoms with Gasteiger partial charge < -0.3 is 0 Å². The minimum absolute atomic E-state index is 0.208. The lowest BCUT2D eigenvalue weighted by Crippen LogP contribution is -2.18. The molecule has 0 saturated heterocycles. The molecular weight excluding hydrogens is 112 g/mol. The molecule has 0 aromatic heterocycles. The van der Waals surface area contributed by atoms with Gasteiger partial charge in [0.15, 0.2) is 0 Å². The molecule has 0 unspecified atom stereocenters. The summed E-state index contributed by atoms with van der Waals surface area (Å²) in [5, 5.41) is 0.208. The molecule has 0 rings (SSSR count). The fourth-order valence-corrected chi connectivity index (χ4v) is 0.500. The Morgan fingerprint density at radius 1 is 1.38 bits per heavy atom. The van der Waals surface area contributed by atoms with Crippen LogP contribution in [-0.4, -0.2) is 8.80 Å². The third kappa shape index (κ3) is 1.71. The van der Waals surface area contributed by atoms with Gasteiger partial charge in [0.1, 0.15) is 0 Å². The van der Waals surface area contributed by atoms with Crippen LogP contribution in [0.1, 0.15) is 13.8 Å². The predicted octanol–water partition coefficient (Wildman–Crippen LogP) is 1.89. The highest BCUT2D eigenvalue weighted by molar-refractivity contribution is 6.60. The maximum Gasteiger partial charge on any atom is 0.0514 e. The van der Waals surface area contributed by atoms with Gasteiger partial charge in [0, 0.05) is 5.04 Å². The zero-order chi connectivity index (χ0) is 6.78. The second-order valence-corrected chi connectivity index (χ2v) is 6.77. The molecular formula is C7H14Si. The quantitative estimate of drug-likeness (QED) is 0.372. The topological polar surface area (TPSA) is 0 Å². The summed E-state index contributed by atoms with van der Waals surface area (Å²) in [4.78, 5) is 0. The molecule has 0 amide bonds. The summed E-state index contributed by atoms with van der Waals surface area (Å²) < 4.78 is 0. The minimum Gasteiger partial charge on any atom is -0.120 e. The van der Waals surface area contributed by atoms with Crippen molar-refractivity contribution < 1.29 is 0 Å². The molecule has 46 valence electrons. The van der Waals surface area contributed by atoms with E-state index in [2.05, 4.69) is 32.9 Å². The van der Waals surface area contributed by atoms with Gasteiger partial charge in [-0.2, -0.15) is 0 Å². The van der Waals surface area contributed by atoms with Crippen molar-refractivity contribution in [2.75, 3.05) is 0 Å². The van der Waals surface area contributed by atoms with Gasteiger partial charge in [-0.1, -0.05) is 26.9 Å². The lowest BCUT2D eigenvalue weighted by molar-refractivity contribution is 0.866. The molecule has 0 aliphatic rings. The van der Waals surface area contributed by atoms with Gasteiger partial charge in [0.25, 0.3) is 0 Å². The van der Waals surface area contributed by atoms with E-state index in [1.54, 1.807) is 0 Å². The summed E-state index contributed by atoms with van der Waals surface area (Å²) in [6.07, 6.45) is 5.29. The Morgan fingerprint density at radius 3 is 1.75 bits per heavy atom. The van der Waals surface area contributed by atoms with E-state index in [1.807, 2.05) is 0 Å². The largest absolute Gasteiger partial charge is 0.120 e. The van der Waals surface area contributed by atoms with E-state index < -0.39 is 8.80 Å². The Bertz CT molecular complexity index is 106. The van der Waals surface area contributed by atoms with Crippen molar-refractivity contribution in [3.63, 3.8) is 0 Å². The van der Waals surface area contributed by atoms with Gasteiger partial charge in [-0.25, -0.2) is 0 Å². The molecule has 0 N–H and O–H groups in total. The van der Waals surface area contributed by atoms with Crippen molar-refractivity contribution in [1.82, 2.24) is 0 Å². The van der Waals surface area contributed by atoms with Gasteiger partial charge in [0.2, 0.25) is 0 Å². The summed E-state index contributed by atoms with van der Waals surface area (Å²) in [6.45, 7) is 8.84. The van der Waals surface area contributed by atoms with Crippen molar-refractivity contribution in [3.05, 3.63) is 0 Å². The summed E-state index contributed by atoms with van der Waals surface area (Å²) in [6, 6.07) is 0. The molecule has 0 aliphatic heterocycles. The first-order chi connectivity index (χ1) is 3.50. The van der Waals surface area contributed by atoms with E-state index in [-0.39, 0.29) is 5.04 Å². The highest BCUT2D eigenvalue weighted by Gasteiger charge is 2.19. The van der Waals surface area contributed by atoms with Gasteiger partial charge >= 0.3 is 0 Å². The van der Waals surface area contributed by atoms with Crippen molar-refractivity contribution in [2.24, 2.45) is 0 Å². The van der Waals surface area contributed by atoms with Crippen LogP contribution in [0.5, 0.6) is 0 Å². The molecule has 0 atom stereocenters. The third-order valence-electron chi connectivity index (χ3n) is 1.82. The Balaban J connectivity index is 3.97. The molecule has 0 fully saturated rings. The fourth-order valence-electron chi connectivity index (χ4n) is 0.167. The van der Waals surface area contributed by atoms with Gasteiger partial charge in [-0.15, -0.1) is 12.3 Å². The first kappa shape index (κ1) is 7.78. The third-order valence-corrected chi connectivity index (χ3v) is 4.87. The average molecular weight is 126 g/mol. The summed E-state index contributed by atoms with van der Waals surface area (Å²) in [5.41, 5.74) is 0. The maximum atomic E-state index is 5.29. The smallest absolute Gasteiger partial charge is 0.0514 e. The lowest BCUT2D eigenvalue weighted by Gasteiger charge is -2.20. The SMILES string of the molecule is C#CC(C)(C)[SiH](C)C. The van der Waals surface area contributed by atoms with E-state index in [0.717, 1.165) is 0 Å². The van der Waals surface area contributed by atoms with Crippen molar-refractivity contribution in [1.29, 1.82) is 0 Å². The Hall–Kier alpha value is -0.223. The molecule has 0 nitrogen and oxygen atoms in total. The molecule has 0 aliphatic carbocycles. The second kappa shape index (κ2) is 2.37. The standard InChI is InChI=1S/C7H14Si/c1-6-7(2,3)8(4)5/h1,8H,2-5H3. The molecule has 0 aromatic carbocycles. The lowest BCUT2D eigenvalue weighted by atomic mass is 10.2. The highest BCUT2D eigenvalue weighted by atomic mass is 28.3. The average Bonchev–Trinajstić information content (AvgIpc) is 1.67. The Morgan fingerprint density at radius 2 is 1.75 bits per heavy atom. The zero-order valence-electron chi connectivity index (χ0n) is 6.15. The van der Waals surface area contributed by atoms with Crippen LogP contribution in [0.25, 0.3) is 0 Å². The normalized spacial score (nSPS) is 11.5. The van der Waals surface area contributed by atoms with Crippen LogP contribution >= 0.6 is 0 Å². The number of terminal acetylenes is 1. The van der Waals surface area contributed by atoms with Crippen LogP contribution in [0.4, 0.5) is 0 Å². The number of rotatable bonds is 1.